The van der Waals surface area contributed by atoms with E-state index in [9.17, 15) is 9.59 Å². The normalized spacial score (nSPS) is 12.3. The Balaban J connectivity index is 1.58. The summed E-state index contributed by atoms with van der Waals surface area (Å²) in [6.07, 6.45) is 1.40. The fraction of sp³-hybridized carbons (Fsp3) is 0.0476. The summed E-state index contributed by atoms with van der Waals surface area (Å²) in [5.41, 5.74) is 1.14. The van der Waals surface area contributed by atoms with Crippen LogP contribution >= 0.6 is 0 Å². The number of amides is 1. The zero-order chi connectivity index (χ0) is 19.1. The molecule has 2 aromatic carbocycles. The predicted molar refractivity (Wildman–Crippen MR) is 98.9 cm³/mol. The SMILES string of the molecule is O=C(Nc1c(C(=O)c2ccc3c(c2)OCO3)oc2ccccc12)c1ccco1. The van der Waals surface area contributed by atoms with Gasteiger partial charge in [0, 0.05) is 10.9 Å². The highest BCUT2D eigenvalue weighted by Crippen LogP contribution is 2.36. The zero-order valence-electron chi connectivity index (χ0n) is 14.4. The number of ketones is 1. The van der Waals surface area contributed by atoms with Crippen LogP contribution in [-0.2, 0) is 0 Å². The molecule has 138 valence electrons. The van der Waals surface area contributed by atoms with E-state index >= 15 is 0 Å². The van der Waals surface area contributed by atoms with E-state index in [0.29, 0.717) is 33.7 Å². The first-order valence-electron chi connectivity index (χ1n) is 8.51. The lowest BCUT2D eigenvalue weighted by Crippen LogP contribution is -2.13. The van der Waals surface area contributed by atoms with E-state index in [2.05, 4.69) is 5.32 Å². The third-order valence-corrected chi connectivity index (χ3v) is 4.42. The predicted octanol–water partition coefficient (Wildman–Crippen LogP) is 4.24. The van der Waals surface area contributed by atoms with E-state index in [-0.39, 0.29) is 24.1 Å². The number of nitrogens with one attached hydrogen (secondary N) is 1. The van der Waals surface area contributed by atoms with Gasteiger partial charge in [0.2, 0.25) is 12.6 Å². The number of hydrogen-bond donors (Lipinski definition) is 1. The van der Waals surface area contributed by atoms with Crippen molar-refractivity contribution in [1.82, 2.24) is 0 Å². The molecule has 0 bridgehead atoms. The molecule has 7 heteroatoms. The van der Waals surface area contributed by atoms with Crippen molar-refractivity contribution in [2.45, 2.75) is 0 Å². The maximum atomic E-state index is 13.1. The van der Waals surface area contributed by atoms with Gasteiger partial charge in [0.1, 0.15) is 5.58 Å². The van der Waals surface area contributed by atoms with Crippen molar-refractivity contribution in [2.24, 2.45) is 0 Å². The summed E-state index contributed by atoms with van der Waals surface area (Å²) in [5.74, 6) is 0.364. The third-order valence-electron chi connectivity index (χ3n) is 4.42. The standard InChI is InChI=1S/C21H13NO6/c23-19(12-7-8-15-17(10-12)27-11-26-15)20-18(13-4-1-2-5-14(13)28-20)22-21(24)16-6-3-9-25-16/h1-10H,11H2,(H,22,24). The summed E-state index contributed by atoms with van der Waals surface area (Å²) in [6.45, 7) is 0.113. The van der Waals surface area contributed by atoms with Gasteiger partial charge in [0.25, 0.3) is 5.91 Å². The molecule has 0 saturated carbocycles. The Hall–Kier alpha value is -4.00. The second-order valence-electron chi connectivity index (χ2n) is 6.13. The van der Waals surface area contributed by atoms with Gasteiger partial charge in [-0.25, -0.2) is 0 Å². The molecular formula is C21H13NO6. The van der Waals surface area contributed by atoms with E-state index < -0.39 is 5.91 Å². The summed E-state index contributed by atoms with van der Waals surface area (Å²) in [4.78, 5) is 25.6. The number of benzene rings is 2. The summed E-state index contributed by atoms with van der Waals surface area (Å²) >= 11 is 0. The molecule has 0 fully saturated rings. The summed E-state index contributed by atoms with van der Waals surface area (Å²) in [6, 6.07) is 15.1. The molecule has 7 nitrogen and oxygen atoms in total. The Morgan fingerprint density at radius 2 is 1.79 bits per heavy atom. The fourth-order valence-corrected chi connectivity index (χ4v) is 3.08. The number of ether oxygens (including phenoxy) is 2. The van der Waals surface area contributed by atoms with Gasteiger partial charge >= 0.3 is 0 Å². The molecule has 2 aromatic heterocycles. The highest BCUT2D eigenvalue weighted by atomic mass is 16.7. The van der Waals surface area contributed by atoms with Crippen molar-refractivity contribution in [3.63, 3.8) is 0 Å². The lowest BCUT2D eigenvalue weighted by molar-refractivity contribution is 0.0996. The van der Waals surface area contributed by atoms with Crippen molar-refractivity contribution >= 4 is 28.3 Å². The molecule has 4 aromatic rings. The molecule has 28 heavy (non-hydrogen) atoms. The van der Waals surface area contributed by atoms with Crippen LogP contribution in [0.1, 0.15) is 26.7 Å². The maximum Gasteiger partial charge on any atom is 0.291 e. The van der Waals surface area contributed by atoms with Crippen LogP contribution in [0.5, 0.6) is 11.5 Å². The van der Waals surface area contributed by atoms with E-state index in [4.69, 9.17) is 18.3 Å². The van der Waals surface area contributed by atoms with Gasteiger partial charge in [-0.3, -0.25) is 9.59 Å². The fourth-order valence-electron chi connectivity index (χ4n) is 3.08. The average molecular weight is 375 g/mol. The highest BCUT2D eigenvalue weighted by molar-refractivity contribution is 6.18. The molecule has 1 aliphatic heterocycles. The van der Waals surface area contributed by atoms with Crippen molar-refractivity contribution in [2.75, 3.05) is 12.1 Å². The number of fused-ring (bicyclic) bond motifs is 2. The van der Waals surface area contributed by atoms with Crippen molar-refractivity contribution in [1.29, 1.82) is 0 Å². The first-order valence-corrected chi connectivity index (χ1v) is 8.51. The van der Waals surface area contributed by atoms with E-state index in [1.165, 1.54) is 12.3 Å². The topological polar surface area (TPSA) is 90.9 Å². The van der Waals surface area contributed by atoms with Gasteiger partial charge in [0.05, 0.1) is 12.0 Å². The van der Waals surface area contributed by atoms with E-state index in [0.717, 1.165) is 0 Å². The van der Waals surface area contributed by atoms with Crippen LogP contribution in [0.4, 0.5) is 5.69 Å². The number of para-hydroxylation sites is 1. The molecule has 1 aliphatic rings. The van der Waals surface area contributed by atoms with Crippen LogP contribution in [-0.4, -0.2) is 18.5 Å². The Labute approximate surface area is 158 Å². The zero-order valence-corrected chi connectivity index (χ0v) is 14.4. The Kier molecular flexibility index (Phi) is 3.65. The molecule has 0 radical (unpaired) electrons. The molecule has 0 aliphatic carbocycles. The smallest absolute Gasteiger partial charge is 0.291 e. The number of furan rings is 2. The third kappa shape index (κ3) is 2.61. The summed E-state index contributed by atoms with van der Waals surface area (Å²) in [5, 5.41) is 3.35. The second-order valence-corrected chi connectivity index (χ2v) is 6.13. The lowest BCUT2D eigenvalue weighted by Gasteiger charge is -2.05. The molecule has 0 spiro atoms. The molecule has 5 rings (SSSR count). The van der Waals surface area contributed by atoms with Gasteiger partial charge in [-0.05, 0) is 42.5 Å². The highest BCUT2D eigenvalue weighted by Gasteiger charge is 2.26. The lowest BCUT2D eigenvalue weighted by atomic mass is 10.1. The van der Waals surface area contributed by atoms with Gasteiger partial charge in [-0.2, -0.15) is 0 Å². The van der Waals surface area contributed by atoms with Crippen LogP contribution in [0.15, 0.2) is 69.7 Å². The number of rotatable bonds is 4. The first-order chi connectivity index (χ1) is 13.7. The Morgan fingerprint density at radius 3 is 2.64 bits per heavy atom. The van der Waals surface area contributed by atoms with Crippen molar-refractivity contribution in [3.05, 3.63) is 77.9 Å². The minimum atomic E-state index is -0.476. The number of anilines is 1. The minimum Gasteiger partial charge on any atom is -0.459 e. The maximum absolute atomic E-state index is 13.1. The Morgan fingerprint density at radius 1 is 0.929 bits per heavy atom. The van der Waals surface area contributed by atoms with Crippen LogP contribution in [0.2, 0.25) is 0 Å². The molecule has 0 unspecified atom stereocenters. The van der Waals surface area contributed by atoms with E-state index in [1.54, 1.807) is 48.5 Å². The summed E-state index contributed by atoms with van der Waals surface area (Å²) < 4.78 is 21.5. The van der Waals surface area contributed by atoms with Crippen LogP contribution in [0.3, 0.4) is 0 Å². The quantitative estimate of drug-likeness (QED) is 0.537. The van der Waals surface area contributed by atoms with Gasteiger partial charge in [-0.1, -0.05) is 12.1 Å². The van der Waals surface area contributed by atoms with Gasteiger partial charge in [-0.15, -0.1) is 0 Å². The number of hydrogen-bond acceptors (Lipinski definition) is 6. The molecule has 1 amide bonds. The first kappa shape index (κ1) is 16.2. The molecule has 1 N–H and O–H groups in total. The average Bonchev–Trinajstić information content (AvgIpc) is 3.46. The van der Waals surface area contributed by atoms with Gasteiger partial charge in [0.15, 0.2) is 23.0 Å². The van der Waals surface area contributed by atoms with Crippen LogP contribution < -0.4 is 14.8 Å². The minimum absolute atomic E-state index is 0.0278. The second kappa shape index (κ2) is 6.31. The molecule has 3 heterocycles. The molecule has 0 saturated heterocycles. The summed E-state index contributed by atoms with van der Waals surface area (Å²) in [7, 11) is 0. The van der Waals surface area contributed by atoms with Crippen LogP contribution in [0, 0.1) is 0 Å². The van der Waals surface area contributed by atoms with Crippen molar-refractivity contribution in [3.8, 4) is 11.5 Å². The largest absolute Gasteiger partial charge is 0.459 e. The molecular weight excluding hydrogens is 362 g/mol. The van der Waals surface area contributed by atoms with Crippen LogP contribution in [0.25, 0.3) is 11.0 Å². The van der Waals surface area contributed by atoms with Gasteiger partial charge < -0.3 is 23.6 Å². The Bertz CT molecular complexity index is 1210. The monoisotopic (exact) mass is 375 g/mol. The molecule has 0 atom stereocenters. The number of carbonyl (C=O) groups is 2. The van der Waals surface area contributed by atoms with Crippen molar-refractivity contribution < 1.29 is 27.9 Å². The van der Waals surface area contributed by atoms with E-state index in [1.807, 2.05) is 0 Å². The number of carbonyl (C=O) groups excluding carboxylic acids is 2.